The number of rotatable bonds is 9. The maximum atomic E-state index is 15.1. The molecule has 1 unspecified atom stereocenters. The molecule has 1 aromatic heterocycles. The second-order valence-corrected chi connectivity index (χ2v) is 12.8. The van der Waals surface area contributed by atoms with Crippen LogP contribution in [0.5, 0.6) is 5.75 Å². The summed E-state index contributed by atoms with van der Waals surface area (Å²) < 4.78 is 44.8. The first-order valence-corrected chi connectivity index (χ1v) is 16.8. The average molecular weight is 699 g/mol. The molecule has 3 aliphatic heterocycles. The number of nitrogens with zero attached hydrogens (tertiary/aromatic N) is 1. The number of aromatic amines is 1. The third kappa shape index (κ3) is 6.35. The molecule has 0 radical (unpaired) electrons. The van der Waals surface area contributed by atoms with E-state index in [4.69, 9.17) is 9.47 Å². The molecule has 5 rings (SSSR count). The minimum absolute atomic E-state index is 0.153. The van der Waals surface area contributed by atoms with Crippen molar-refractivity contribution in [3.63, 3.8) is 0 Å². The number of alkyl halides is 3. The highest BCUT2D eigenvalue weighted by Crippen LogP contribution is 2.38. The molecule has 0 aliphatic carbocycles. The fourth-order valence-corrected chi connectivity index (χ4v) is 7.42. The Balaban J connectivity index is 1.47. The summed E-state index contributed by atoms with van der Waals surface area (Å²) >= 11 is -0.742. The Morgan fingerprint density at radius 1 is 1.33 bits per heavy atom. The lowest BCUT2D eigenvalue weighted by Gasteiger charge is -2.44. The van der Waals surface area contributed by atoms with E-state index in [0.29, 0.717) is 41.6 Å². The highest BCUT2D eigenvalue weighted by atomic mass is 127. The Morgan fingerprint density at radius 2 is 2.14 bits per heavy atom. The number of hydrogen-bond acceptors (Lipinski definition) is 6. The van der Waals surface area contributed by atoms with E-state index in [9.17, 15) is 19.2 Å². The van der Waals surface area contributed by atoms with Crippen molar-refractivity contribution in [2.75, 3.05) is 24.7 Å². The smallest absolute Gasteiger partial charge is 0.333 e. The molecule has 13 heteroatoms. The van der Waals surface area contributed by atoms with Gasteiger partial charge in [0.2, 0.25) is 11.8 Å². The van der Waals surface area contributed by atoms with E-state index in [-0.39, 0.29) is 29.1 Å². The number of H-pyrrole nitrogens is 1. The van der Waals surface area contributed by atoms with Gasteiger partial charge in [-0.25, -0.2) is 13.6 Å². The summed E-state index contributed by atoms with van der Waals surface area (Å²) in [5, 5.41) is 6.20. The van der Waals surface area contributed by atoms with Crippen LogP contribution in [0.15, 0.2) is 35.9 Å². The Morgan fingerprint density at radius 3 is 2.81 bits per heavy atom. The highest BCUT2D eigenvalue weighted by molar-refractivity contribution is 14.2. The molecule has 4 atom stereocenters. The number of amides is 3. The number of esters is 1. The molecule has 3 saturated heterocycles. The quantitative estimate of drug-likeness (QED) is 0.160. The minimum Gasteiger partial charge on any atom is -0.496 e. The van der Waals surface area contributed by atoms with Gasteiger partial charge in [0.25, 0.3) is 11.8 Å². The summed E-state index contributed by atoms with van der Waals surface area (Å²) in [6.45, 7) is 0.697. The summed E-state index contributed by atoms with van der Waals surface area (Å²) in [4.78, 5) is 56.7. The summed E-state index contributed by atoms with van der Waals surface area (Å²) in [7, 11) is 1.51. The predicted molar refractivity (Wildman–Crippen MR) is 160 cm³/mol. The lowest BCUT2D eigenvalue weighted by Crippen LogP contribution is -2.61. The molecule has 226 valence electrons. The average Bonchev–Trinajstić information content (AvgIpc) is 3.67. The number of hydrogen-bond donors (Lipinski definition) is 3. The maximum absolute atomic E-state index is 15.1. The van der Waals surface area contributed by atoms with Gasteiger partial charge in [0.05, 0.1) is 13.7 Å². The number of aromatic nitrogens is 1. The largest absolute Gasteiger partial charge is 0.496 e. The van der Waals surface area contributed by atoms with Crippen molar-refractivity contribution in [3.05, 3.63) is 41.6 Å². The van der Waals surface area contributed by atoms with Crippen LogP contribution in [0.3, 0.4) is 0 Å². The van der Waals surface area contributed by atoms with Crippen LogP contribution < -0.4 is 15.4 Å². The Kier molecular flexibility index (Phi) is 8.94. The Hall–Kier alpha value is -3.36. The zero-order chi connectivity index (χ0) is 30.0. The zero-order valence-corrected chi connectivity index (χ0v) is 25.2. The SMILES string of the molecule is C=IC[C@H]1CC(F)(F)C[C@@H](C(=O)N[C@H](/C=C2/CCOC2=O)CC2CCNC2=O)N1C(=O)c1cc2c(OC)cccc2[nH]1. The molecule has 10 nitrogen and oxygen atoms in total. The van der Waals surface area contributed by atoms with E-state index < -0.39 is 81.3 Å². The van der Waals surface area contributed by atoms with Gasteiger partial charge in [0.1, 0.15) is 17.5 Å². The second-order valence-electron chi connectivity index (χ2n) is 10.8. The maximum Gasteiger partial charge on any atom is 0.333 e. The fourth-order valence-electron chi connectivity index (χ4n) is 5.97. The van der Waals surface area contributed by atoms with Crippen LogP contribution in [0.2, 0.25) is 0 Å². The van der Waals surface area contributed by atoms with Gasteiger partial charge < -0.3 is 30.0 Å². The number of benzene rings is 1. The number of carbonyl (C=O) groups is 4. The molecular weight excluding hydrogens is 665 g/mol. The van der Waals surface area contributed by atoms with Crippen molar-refractivity contribution in [2.45, 2.75) is 56.2 Å². The number of piperidine rings is 1. The van der Waals surface area contributed by atoms with Crippen molar-refractivity contribution in [1.82, 2.24) is 20.5 Å². The third-order valence-electron chi connectivity index (χ3n) is 7.95. The van der Waals surface area contributed by atoms with Crippen LogP contribution in [0.1, 0.15) is 42.6 Å². The van der Waals surface area contributed by atoms with Crippen molar-refractivity contribution in [3.8, 4) is 5.75 Å². The zero-order valence-electron chi connectivity index (χ0n) is 23.1. The van der Waals surface area contributed by atoms with Gasteiger partial charge in [-0.2, -0.15) is 0 Å². The molecule has 3 fully saturated rings. The fraction of sp³-hybridized carbons (Fsp3) is 0.483. The number of carbonyl (C=O) groups excluding carboxylic acids is 4. The molecule has 0 bridgehead atoms. The summed E-state index contributed by atoms with van der Waals surface area (Å²) in [6.07, 6.45) is 1.20. The van der Waals surface area contributed by atoms with E-state index in [1.807, 2.05) is 0 Å². The lowest BCUT2D eigenvalue weighted by molar-refractivity contribution is -0.139. The third-order valence-corrected chi connectivity index (χ3v) is 9.59. The number of halogens is 3. The van der Waals surface area contributed by atoms with Crippen LogP contribution in [-0.4, -0.2) is 86.8 Å². The molecule has 0 spiro atoms. The first-order valence-electron chi connectivity index (χ1n) is 13.7. The molecule has 2 aromatic rings. The molecule has 42 heavy (non-hydrogen) atoms. The predicted octanol–water partition coefficient (Wildman–Crippen LogP) is 3.07. The van der Waals surface area contributed by atoms with E-state index >= 15 is 8.78 Å². The highest BCUT2D eigenvalue weighted by Gasteiger charge is 2.50. The van der Waals surface area contributed by atoms with Crippen molar-refractivity contribution < 1.29 is 37.4 Å². The van der Waals surface area contributed by atoms with Gasteiger partial charge in [0.15, 0.2) is 0 Å². The monoisotopic (exact) mass is 698 g/mol. The van der Waals surface area contributed by atoms with Gasteiger partial charge in [-0.1, -0.05) is 16.7 Å². The Bertz CT molecular complexity index is 1440. The standard InChI is InChI=1S/C29H33F2IN4O6/c1-32-15-19-13-29(30,31)14-23(36(19)27(39)22-12-20-21(35-22)4-3-5-24(20)41-2)26(38)34-18(10-16-6-8-33-25(16)37)11-17-7-9-42-28(17)40/h3-5,11-12,16,18-19,23,35H,1,6-10,13-15H2,2H3,(H,33,37)(H,34,38)/b17-11-/t16?,18-,19+,23-/m0/s1. The molecule has 3 N–H and O–H groups in total. The minimum atomic E-state index is -3.18. The van der Waals surface area contributed by atoms with E-state index in [1.54, 1.807) is 30.3 Å². The van der Waals surface area contributed by atoms with Gasteiger partial charge in [-0.15, -0.1) is 20.7 Å². The van der Waals surface area contributed by atoms with Gasteiger partial charge >= 0.3 is 5.97 Å². The topological polar surface area (TPSA) is 130 Å². The molecule has 0 saturated carbocycles. The van der Waals surface area contributed by atoms with Crippen LogP contribution in [-0.2, 0) is 19.1 Å². The van der Waals surface area contributed by atoms with E-state index in [1.165, 1.54) is 12.0 Å². The van der Waals surface area contributed by atoms with Crippen LogP contribution in [0, 0.1) is 5.92 Å². The molecular formula is C29H33F2IN4O6. The normalized spacial score (nSPS) is 25.4. The molecule has 3 amide bonds. The van der Waals surface area contributed by atoms with E-state index in [2.05, 4.69) is 20.1 Å². The molecule has 3 aliphatic rings. The second kappa shape index (κ2) is 12.5. The number of ether oxygens (including phenoxy) is 2. The number of nitrogens with one attached hydrogen (secondary N) is 3. The van der Waals surface area contributed by atoms with Crippen LogP contribution >= 0.6 is 20.7 Å². The first kappa shape index (κ1) is 30.1. The van der Waals surface area contributed by atoms with Crippen molar-refractivity contribution >= 4 is 59.8 Å². The van der Waals surface area contributed by atoms with Gasteiger partial charge in [-0.3, -0.25) is 14.4 Å². The van der Waals surface area contributed by atoms with Crippen molar-refractivity contribution in [2.24, 2.45) is 5.92 Å². The summed E-state index contributed by atoms with van der Waals surface area (Å²) in [5.74, 6) is -5.08. The molecule has 4 heterocycles. The summed E-state index contributed by atoms with van der Waals surface area (Å²) in [6, 6.07) is 3.72. The Labute approximate surface area is 251 Å². The van der Waals surface area contributed by atoms with E-state index in [0.717, 1.165) is 0 Å². The number of likely N-dealkylation sites (tertiary alicyclic amines) is 1. The number of cyclic esters (lactones) is 1. The van der Waals surface area contributed by atoms with Crippen molar-refractivity contribution in [1.29, 1.82) is 0 Å². The van der Waals surface area contributed by atoms with Crippen LogP contribution in [0.4, 0.5) is 8.78 Å². The van der Waals surface area contributed by atoms with Crippen LogP contribution in [0.25, 0.3) is 10.9 Å². The van der Waals surface area contributed by atoms with Gasteiger partial charge in [-0.05, 0) is 31.0 Å². The number of fused-ring (bicyclic) bond motifs is 1. The number of methoxy groups -OCH3 is 1. The van der Waals surface area contributed by atoms with Gasteiger partial charge in [0, 0.05) is 64.7 Å². The first-order chi connectivity index (χ1) is 20.1. The molecule has 1 aromatic carbocycles. The lowest BCUT2D eigenvalue weighted by atomic mass is 9.91. The summed E-state index contributed by atoms with van der Waals surface area (Å²) in [5.41, 5.74) is 1.14.